The Morgan fingerprint density at radius 2 is 2.09 bits per heavy atom. The summed E-state index contributed by atoms with van der Waals surface area (Å²) in [6.07, 6.45) is 3.03. The van der Waals surface area contributed by atoms with Crippen LogP contribution in [0, 0.1) is 12.4 Å². The monoisotopic (exact) mass is 473 g/mol. The number of tetrazole rings is 1. The third-order valence-electron chi connectivity index (χ3n) is 7.38. The van der Waals surface area contributed by atoms with Gasteiger partial charge in [-0.05, 0) is 64.2 Å². The van der Waals surface area contributed by atoms with Gasteiger partial charge in [-0.25, -0.2) is 13.9 Å². The van der Waals surface area contributed by atoms with Crippen LogP contribution in [0.4, 0.5) is 10.1 Å². The van der Waals surface area contributed by atoms with E-state index < -0.39 is 5.82 Å². The predicted molar refractivity (Wildman–Crippen MR) is 124 cm³/mol. The van der Waals surface area contributed by atoms with E-state index in [0.717, 1.165) is 36.2 Å². The summed E-state index contributed by atoms with van der Waals surface area (Å²) in [6, 6.07) is 10.8. The number of benzene rings is 2. The van der Waals surface area contributed by atoms with Crippen LogP contribution in [-0.4, -0.2) is 74.7 Å². The van der Waals surface area contributed by atoms with Gasteiger partial charge in [0.1, 0.15) is 12.1 Å². The molecule has 2 saturated heterocycles. The number of aromatic nitrogens is 4. The lowest BCUT2D eigenvalue weighted by molar-refractivity contribution is -0.141. The maximum atomic E-state index is 13.7. The van der Waals surface area contributed by atoms with Crippen molar-refractivity contribution in [3.05, 3.63) is 76.7 Å². The van der Waals surface area contributed by atoms with Gasteiger partial charge in [0.25, 0.3) is 0 Å². The third kappa shape index (κ3) is 3.96. The summed E-state index contributed by atoms with van der Waals surface area (Å²) in [7, 11) is 0. The minimum absolute atomic E-state index is 0.0190. The first-order valence-corrected chi connectivity index (χ1v) is 11.8. The van der Waals surface area contributed by atoms with E-state index >= 15 is 0 Å². The SMILES string of the molecule is [C-]#[N+]c1cc([C@H]2CN3CCN(C(=O)C4CCc5cc(-n6cnnn6)ccc54)C[C@H]3CO2)ccc1F. The predicted octanol–water partition coefficient (Wildman–Crippen LogP) is 2.67. The zero-order valence-electron chi connectivity index (χ0n) is 19.0. The molecule has 3 aromatic rings. The lowest BCUT2D eigenvalue weighted by Gasteiger charge is -2.46. The highest BCUT2D eigenvalue weighted by Gasteiger charge is 2.39. The molecule has 178 valence electrons. The average Bonchev–Trinajstić information content (AvgIpc) is 3.58. The van der Waals surface area contributed by atoms with Crippen molar-refractivity contribution in [3.8, 4) is 5.69 Å². The Labute approximate surface area is 201 Å². The van der Waals surface area contributed by atoms with Crippen LogP contribution in [-0.2, 0) is 16.0 Å². The Morgan fingerprint density at radius 3 is 2.91 bits per heavy atom. The van der Waals surface area contributed by atoms with E-state index in [1.54, 1.807) is 23.1 Å². The van der Waals surface area contributed by atoms with Crippen LogP contribution in [0.5, 0.6) is 0 Å². The Balaban J connectivity index is 1.11. The molecule has 3 heterocycles. The summed E-state index contributed by atoms with van der Waals surface area (Å²) in [4.78, 5) is 21.1. The van der Waals surface area contributed by atoms with Crippen molar-refractivity contribution in [2.24, 2.45) is 0 Å². The Kier molecular flexibility index (Phi) is 5.51. The highest BCUT2D eigenvalue weighted by molar-refractivity contribution is 5.85. The van der Waals surface area contributed by atoms with E-state index in [0.29, 0.717) is 26.2 Å². The maximum Gasteiger partial charge on any atom is 0.230 e. The number of ether oxygens (including phenoxy) is 1. The van der Waals surface area contributed by atoms with Gasteiger partial charge in [-0.3, -0.25) is 9.69 Å². The number of rotatable bonds is 3. The number of aryl methyl sites for hydroxylation is 1. The lowest BCUT2D eigenvalue weighted by Crippen LogP contribution is -2.60. The summed E-state index contributed by atoms with van der Waals surface area (Å²) in [5, 5.41) is 11.3. The highest BCUT2D eigenvalue weighted by atomic mass is 19.1. The first kappa shape index (κ1) is 21.8. The normalized spacial score (nSPS) is 24.0. The molecular weight excluding hydrogens is 449 g/mol. The molecule has 3 atom stereocenters. The van der Waals surface area contributed by atoms with Crippen LogP contribution in [0.1, 0.15) is 35.1 Å². The van der Waals surface area contributed by atoms with Gasteiger partial charge in [-0.1, -0.05) is 12.1 Å². The number of hydrogen-bond acceptors (Lipinski definition) is 6. The van der Waals surface area contributed by atoms with Crippen molar-refractivity contribution in [1.29, 1.82) is 0 Å². The fourth-order valence-electron chi connectivity index (χ4n) is 5.50. The van der Waals surface area contributed by atoms with E-state index in [-0.39, 0.29) is 29.7 Å². The average molecular weight is 474 g/mol. The lowest BCUT2D eigenvalue weighted by atomic mass is 9.97. The Bertz CT molecular complexity index is 1310. The topological polar surface area (TPSA) is 80.7 Å². The smallest absolute Gasteiger partial charge is 0.230 e. The number of halogens is 1. The summed E-state index contributed by atoms with van der Waals surface area (Å²) in [5.74, 6) is -0.450. The molecule has 1 aromatic heterocycles. The Hall–Kier alpha value is -3.68. The largest absolute Gasteiger partial charge is 0.371 e. The molecule has 0 bridgehead atoms. The van der Waals surface area contributed by atoms with Gasteiger partial charge >= 0.3 is 0 Å². The van der Waals surface area contributed by atoms with Gasteiger partial charge in [0.05, 0.1) is 36.9 Å². The first-order valence-electron chi connectivity index (χ1n) is 11.8. The molecule has 0 spiro atoms. The maximum absolute atomic E-state index is 13.7. The molecule has 35 heavy (non-hydrogen) atoms. The molecule has 2 aliphatic heterocycles. The quantitative estimate of drug-likeness (QED) is 0.544. The van der Waals surface area contributed by atoms with Gasteiger partial charge in [-0.15, -0.1) is 5.10 Å². The fourth-order valence-corrected chi connectivity index (χ4v) is 5.50. The van der Waals surface area contributed by atoms with Crippen LogP contribution >= 0.6 is 0 Å². The fraction of sp³-hybridized carbons (Fsp3) is 0.400. The number of morpholine rings is 1. The molecule has 0 radical (unpaired) electrons. The van der Waals surface area contributed by atoms with Crippen molar-refractivity contribution in [3.63, 3.8) is 0 Å². The highest BCUT2D eigenvalue weighted by Crippen LogP contribution is 2.37. The number of fused-ring (bicyclic) bond motifs is 2. The third-order valence-corrected chi connectivity index (χ3v) is 7.38. The van der Waals surface area contributed by atoms with E-state index in [1.807, 2.05) is 17.0 Å². The molecule has 2 aromatic carbocycles. The van der Waals surface area contributed by atoms with Crippen molar-refractivity contribution < 1.29 is 13.9 Å². The van der Waals surface area contributed by atoms with Crippen LogP contribution in [0.2, 0.25) is 0 Å². The van der Waals surface area contributed by atoms with Gasteiger partial charge in [-0.2, -0.15) is 0 Å². The number of nitrogens with zero attached hydrogens (tertiary/aromatic N) is 7. The van der Waals surface area contributed by atoms with Crippen LogP contribution in [0.25, 0.3) is 10.5 Å². The molecule has 10 heteroatoms. The van der Waals surface area contributed by atoms with Gasteiger partial charge < -0.3 is 9.64 Å². The van der Waals surface area contributed by atoms with Crippen LogP contribution < -0.4 is 0 Å². The minimum atomic E-state index is -0.510. The molecule has 0 N–H and O–H groups in total. The van der Waals surface area contributed by atoms with Crippen molar-refractivity contribution in [1.82, 2.24) is 30.0 Å². The molecule has 1 aliphatic carbocycles. The minimum Gasteiger partial charge on any atom is -0.371 e. The van der Waals surface area contributed by atoms with Gasteiger partial charge in [0.15, 0.2) is 0 Å². The van der Waals surface area contributed by atoms with Crippen molar-refractivity contribution in [2.75, 3.05) is 32.8 Å². The molecule has 0 saturated carbocycles. The molecule has 6 rings (SSSR count). The zero-order chi connectivity index (χ0) is 23.9. The van der Waals surface area contributed by atoms with Crippen LogP contribution in [0.3, 0.4) is 0 Å². The molecular formula is C25H24FN7O2. The number of piperazine rings is 1. The summed E-state index contributed by atoms with van der Waals surface area (Å²) >= 11 is 0. The second-order valence-electron chi connectivity index (χ2n) is 9.31. The van der Waals surface area contributed by atoms with E-state index in [1.165, 1.54) is 11.6 Å². The Morgan fingerprint density at radius 1 is 1.17 bits per heavy atom. The first-order chi connectivity index (χ1) is 17.1. The summed E-state index contributed by atoms with van der Waals surface area (Å²) in [5.41, 5.74) is 4.01. The second kappa shape index (κ2) is 8.83. The number of hydrogen-bond donors (Lipinski definition) is 0. The molecule has 9 nitrogen and oxygen atoms in total. The number of amides is 1. The van der Waals surface area contributed by atoms with Crippen molar-refractivity contribution >= 4 is 11.6 Å². The second-order valence-corrected chi connectivity index (χ2v) is 9.31. The summed E-state index contributed by atoms with van der Waals surface area (Å²) < 4.78 is 21.5. The molecule has 3 aliphatic rings. The van der Waals surface area contributed by atoms with Crippen molar-refractivity contribution in [2.45, 2.75) is 30.9 Å². The molecule has 2 fully saturated rings. The van der Waals surface area contributed by atoms with E-state index in [2.05, 4.69) is 31.3 Å². The summed E-state index contributed by atoms with van der Waals surface area (Å²) in [6.45, 7) is 10.4. The van der Waals surface area contributed by atoms with Gasteiger partial charge in [0.2, 0.25) is 11.6 Å². The zero-order valence-corrected chi connectivity index (χ0v) is 19.0. The number of carbonyl (C=O) groups excluding carboxylic acids is 1. The standard InChI is InChI=1S/C25H24FN7O2/c1-27-23-11-17(3-7-22(23)26)24-13-31-8-9-32(12-19(31)14-35-24)25(34)21-5-2-16-10-18(4-6-20(16)21)33-15-28-29-30-33/h3-4,6-7,10-11,15,19,21,24H,2,5,8-9,12-14H2/t19-,21?,24+/m0/s1. The molecule has 1 unspecified atom stereocenters. The molecule has 1 amide bonds. The van der Waals surface area contributed by atoms with E-state index in [4.69, 9.17) is 11.3 Å². The van der Waals surface area contributed by atoms with E-state index in [9.17, 15) is 9.18 Å². The number of carbonyl (C=O) groups is 1. The van der Waals surface area contributed by atoms with Crippen LogP contribution in [0.15, 0.2) is 42.7 Å². The van der Waals surface area contributed by atoms with Gasteiger partial charge in [0, 0.05) is 26.2 Å².